The molecular formula is C23H29NO3Si. The summed E-state index contributed by atoms with van der Waals surface area (Å²) in [4.78, 5) is 11.9. The molecule has 28 heavy (non-hydrogen) atoms. The smallest absolute Gasteiger partial charge is 0.323 e. The van der Waals surface area contributed by atoms with Crippen LogP contribution in [0.3, 0.4) is 0 Å². The zero-order chi connectivity index (χ0) is 19.8. The van der Waals surface area contributed by atoms with Gasteiger partial charge < -0.3 is 14.5 Å². The Morgan fingerprint density at radius 2 is 1.61 bits per heavy atom. The van der Waals surface area contributed by atoms with Gasteiger partial charge in [-0.15, -0.1) is 0 Å². The zero-order valence-corrected chi connectivity index (χ0v) is 17.9. The highest BCUT2D eigenvalue weighted by molar-refractivity contribution is 6.99. The molecule has 0 unspecified atom stereocenters. The maximum Gasteiger partial charge on any atom is 0.323 e. The van der Waals surface area contributed by atoms with Crippen LogP contribution in [0.1, 0.15) is 20.8 Å². The minimum atomic E-state index is -2.53. The fraction of sp³-hybridized carbons (Fsp3) is 0.435. The first-order valence-corrected chi connectivity index (χ1v) is 12.0. The lowest BCUT2D eigenvalue weighted by Crippen LogP contribution is -2.67. The first-order chi connectivity index (χ1) is 13.4. The van der Waals surface area contributed by atoms with E-state index in [1.165, 1.54) is 10.4 Å². The molecule has 4 nitrogen and oxygen atoms in total. The molecule has 1 N–H and O–H groups in total. The Morgan fingerprint density at radius 1 is 1.04 bits per heavy atom. The third-order valence-corrected chi connectivity index (χ3v) is 11.2. The highest BCUT2D eigenvalue weighted by Gasteiger charge is 2.52. The maximum absolute atomic E-state index is 11.9. The number of fused-ring (bicyclic) bond motifs is 1. The third kappa shape index (κ3) is 3.21. The first-order valence-electron chi connectivity index (χ1n) is 10.1. The van der Waals surface area contributed by atoms with Gasteiger partial charge in [-0.2, -0.15) is 0 Å². The average Bonchev–Trinajstić information content (AvgIpc) is 3.26. The summed E-state index contributed by atoms with van der Waals surface area (Å²) in [7, 11) is -2.53. The van der Waals surface area contributed by atoms with Crippen LogP contribution < -0.4 is 15.7 Å². The van der Waals surface area contributed by atoms with Crippen molar-refractivity contribution in [2.75, 3.05) is 19.8 Å². The standard InChI is InChI=1S/C23H29NO3Si/c1-23(2,3)28(18-10-6-4-7-11-18,19-12-8-5-9-13-19)27-15-17-14-24-21-20(17)16-26-22(21)25/h4-13,17,20-21,24H,14-16H2,1-3H3/t17-,20+,21-/m0/s1. The molecule has 0 spiro atoms. The molecule has 0 amide bonds. The molecule has 4 rings (SSSR count). The van der Waals surface area contributed by atoms with E-state index in [0.717, 1.165) is 6.54 Å². The molecule has 0 aromatic heterocycles. The summed E-state index contributed by atoms with van der Waals surface area (Å²) >= 11 is 0. The third-order valence-electron chi connectivity index (χ3n) is 6.24. The van der Waals surface area contributed by atoms with E-state index in [-0.39, 0.29) is 28.9 Å². The Hall–Kier alpha value is -1.95. The van der Waals surface area contributed by atoms with E-state index in [0.29, 0.717) is 13.2 Å². The van der Waals surface area contributed by atoms with Crippen molar-refractivity contribution in [1.82, 2.24) is 5.32 Å². The van der Waals surface area contributed by atoms with Crippen molar-refractivity contribution in [3.8, 4) is 0 Å². The topological polar surface area (TPSA) is 47.6 Å². The molecule has 2 aliphatic rings. The van der Waals surface area contributed by atoms with E-state index >= 15 is 0 Å². The van der Waals surface area contributed by atoms with Gasteiger partial charge in [-0.25, -0.2) is 0 Å². The monoisotopic (exact) mass is 395 g/mol. The van der Waals surface area contributed by atoms with Crippen molar-refractivity contribution < 1.29 is 14.0 Å². The number of hydrogen-bond acceptors (Lipinski definition) is 4. The van der Waals surface area contributed by atoms with Crippen molar-refractivity contribution in [3.63, 3.8) is 0 Å². The predicted octanol–water partition coefficient (Wildman–Crippen LogP) is 2.32. The molecule has 2 aromatic carbocycles. The second-order valence-corrected chi connectivity index (χ2v) is 13.2. The summed E-state index contributed by atoms with van der Waals surface area (Å²) in [6, 6.07) is 21.2. The van der Waals surface area contributed by atoms with Crippen LogP contribution in [0.2, 0.25) is 5.04 Å². The Morgan fingerprint density at radius 3 is 2.14 bits per heavy atom. The van der Waals surface area contributed by atoms with E-state index in [9.17, 15) is 4.79 Å². The van der Waals surface area contributed by atoms with Crippen LogP contribution in [0.15, 0.2) is 60.7 Å². The molecule has 148 valence electrons. The van der Waals surface area contributed by atoms with Gasteiger partial charge in [0.1, 0.15) is 6.04 Å². The molecule has 2 aliphatic heterocycles. The number of esters is 1. The Labute approximate surface area is 168 Å². The Kier molecular flexibility index (Phi) is 5.16. The van der Waals surface area contributed by atoms with Crippen LogP contribution in [0.4, 0.5) is 0 Å². The van der Waals surface area contributed by atoms with Crippen LogP contribution in [-0.4, -0.2) is 40.1 Å². The van der Waals surface area contributed by atoms with E-state index < -0.39 is 8.32 Å². The molecule has 2 heterocycles. The number of nitrogens with one attached hydrogen (secondary N) is 1. The van der Waals surface area contributed by atoms with Gasteiger partial charge in [0, 0.05) is 25.0 Å². The molecule has 2 fully saturated rings. The first kappa shape index (κ1) is 19.4. The minimum absolute atomic E-state index is 0.0386. The minimum Gasteiger partial charge on any atom is -0.464 e. The molecule has 0 radical (unpaired) electrons. The number of ether oxygens (including phenoxy) is 1. The van der Waals surface area contributed by atoms with Gasteiger partial charge in [0.25, 0.3) is 8.32 Å². The Bertz CT molecular complexity index is 779. The van der Waals surface area contributed by atoms with E-state index in [1.54, 1.807) is 0 Å². The lowest BCUT2D eigenvalue weighted by atomic mass is 9.94. The quantitative estimate of drug-likeness (QED) is 0.624. The van der Waals surface area contributed by atoms with Crippen LogP contribution >= 0.6 is 0 Å². The number of rotatable bonds is 5. The van der Waals surface area contributed by atoms with Crippen LogP contribution in [0.25, 0.3) is 0 Å². The molecular weight excluding hydrogens is 366 g/mol. The number of cyclic esters (lactones) is 1. The summed E-state index contributed by atoms with van der Waals surface area (Å²) in [6.45, 7) is 8.82. The average molecular weight is 396 g/mol. The summed E-state index contributed by atoms with van der Waals surface area (Å²) in [5.74, 6) is 0.391. The van der Waals surface area contributed by atoms with Gasteiger partial charge in [-0.3, -0.25) is 4.79 Å². The van der Waals surface area contributed by atoms with Crippen molar-refractivity contribution >= 4 is 24.7 Å². The van der Waals surface area contributed by atoms with Gasteiger partial charge >= 0.3 is 5.97 Å². The molecule has 0 aliphatic carbocycles. The normalized spacial score (nSPS) is 24.8. The van der Waals surface area contributed by atoms with Crippen molar-refractivity contribution in [3.05, 3.63) is 60.7 Å². The fourth-order valence-electron chi connectivity index (χ4n) is 4.79. The van der Waals surface area contributed by atoms with Gasteiger partial charge in [0.15, 0.2) is 0 Å². The lowest BCUT2D eigenvalue weighted by molar-refractivity contribution is -0.139. The maximum atomic E-state index is 11.9. The van der Waals surface area contributed by atoms with Crippen LogP contribution in [0, 0.1) is 11.8 Å². The van der Waals surface area contributed by atoms with E-state index in [2.05, 4.69) is 86.8 Å². The summed E-state index contributed by atoms with van der Waals surface area (Å²) < 4.78 is 12.3. The van der Waals surface area contributed by atoms with Gasteiger partial charge in [-0.1, -0.05) is 81.4 Å². The van der Waals surface area contributed by atoms with Crippen molar-refractivity contribution in [2.24, 2.45) is 11.8 Å². The second kappa shape index (κ2) is 7.47. The molecule has 2 aromatic rings. The van der Waals surface area contributed by atoms with Crippen molar-refractivity contribution in [2.45, 2.75) is 31.9 Å². The van der Waals surface area contributed by atoms with Crippen molar-refractivity contribution in [1.29, 1.82) is 0 Å². The molecule has 2 saturated heterocycles. The molecule has 0 bridgehead atoms. The van der Waals surface area contributed by atoms with E-state index in [4.69, 9.17) is 9.16 Å². The number of hydrogen-bond donors (Lipinski definition) is 1. The SMILES string of the molecule is CC(C)(C)[Si](OC[C@@H]1CN[C@@H]2C(=O)OC[C@H]12)(c1ccccc1)c1ccccc1. The predicted molar refractivity (Wildman–Crippen MR) is 113 cm³/mol. The highest BCUT2D eigenvalue weighted by atomic mass is 28.4. The number of benzene rings is 2. The lowest BCUT2D eigenvalue weighted by Gasteiger charge is -2.43. The van der Waals surface area contributed by atoms with Crippen LogP contribution in [0.5, 0.6) is 0 Å². The summed E-state index contributed by atoms with van der Waals surface area (Å²) in [5.41, 5.74) is 0. The number of carbonyl (C=O) groups is 1. The molecule has 3 atom stereocenters. The van der Waals surface area contributed by atoms with Gasteiger partial charge in [0.05, 0.1) is 6.61 Å². The molecule has 0 saturated carbocycles. The van der Waals surface area contributed by atoms with E-state index in [1.807, 2.05) is 0 Å². The van der Waals surface area contributed by atoms with Gasteiger partial charge in [0.2, 0.25) is 0 Å². The summed E-state index contributed by atoms with van der Waals surface area (Å²) in [6.07, 6.45) is 0. The summed E-state index contributed by atoms with van der Waals surface area (Å²) in [5, 5.41) is 5.87. The Balaban J connectivity index is 1.70. The second-order valence-electron chi connectivity index (χ2n) is 8.91. The number of carbonyl (C=O) groups excluding carboxylic acids is 1. The fourth-order valence-corrected chi connectivity index (χ4v) is 9.41. The van der Waals surface area contributed by atoms with Crippen LogP contribution in [-0.2, 0) is 14.0 Å². The van der Waals surface area contributed by atoms with Gasteiger partial charge in [-0.05, 0) is 15.4 Å². The largest absolute Gasteiger partial charge is 0.464 e. The molecule has 5 heteroatoms. The highest BCUT2D eigenvalue weighted by Crippen LogP contribution is 2.38. The zero-order valence-electron chi connectivity index (χ0n) is 16.9.